The van der Waals surface area contributed by atoms with Gasteiger partial charge >= 0.3 is 5.91 Å². The summed E-state index contributed by atoms with van der Waals surface area (Å²) in [6, 6.07) is 14.5. The Kier molecular flexibility index (Phi) is 5.17. The first kappa shape index (κ1) is 19.9. The first-order valence-corrected chi connectivity index (χ1v) is 9.84. The predicted molar refractivity (Wildman–Crippen MR) is 113 cm³/mol. The smallest absolute Gasteiger partial charge is 0.301 e. The first-order valence-electron chi connectivity index (χ1n) is 9.05. The monoisotopic (exact) mass is 468 g/mol. The fraction of sp³-hybridized carbons (Fsp3) is 0.136. The molecule has 2 aromatic carbocycles. The molecule has 0 aliphatic carbocycles. The van der Waals surface area contributed by atoms with Crippen molar-refractivity contribution >= 4 is 39.2 Å². The maximum absolute atomic E-state index is 13.0. The Bertz CT molecular complexity index is 1170. The Morgan fingerprint density at radius 2 is 1.90 bits per heavy atom. The topological polar surface area (TPSA) is 92.9 Å². The van der Waals surface area contributed by atoms with E-state index in [9.17, 15) is 14.7 Å². The lowest BCUT2D eigenvalue weighted by Gasteiger charge is -2.23. The van der Waals surface area contributed by atoms with Gasteiger partial charge in [-0.1, -0.05) is 45.4 Å². The van der Waals surface area contributed by atoms with Crippen LogP contribution < -0.4 is 9.64 Å². The number of halogens is 1. The molecule has 3 aromatic rings. The number of carbonyl (C=O) groups is 2. The molecule has 1 aromatic heterocycles. The second kappa shape index (κ2) is 7.79. The molecular formula is C22H17BrN2O5. The number of amides is 1. The fourth-order valence-corrected chi connectivity index (χ4v) is 3.69. The molecule has 2 heterocycles. The maximum atomic E-state index is 13.0. The lowest BCUT2D eigenvalue weighted by molar-refractivity contribution is -0.132. The third-order valence-corrected chi connectivity index (χ3v) is 5.36. The summed E-state index contributed by atoms with van der Waals surface area (Å²) in [6.45, 7) is 1.69. The molecule has 1 atom stereocenters. The van der Waals surface area contributed by atoms with E-state index in [0.717, 1.165) is 4.47 Å². The van der Waals surface area contributed by atoms with Crippen molar-refractivity contribution in [2.75, 3.05) is 12.0 Å². The molecular weight excluding hydrogens is 452 g/mol. The van der Waals surface area contributed by atoms with Gasteiger partial charge < -0.3 is 14.4 Å². The molecule has 8 heteroatoms. The number of Topliss-reactive ketones (excluding diaryl/α,β-unsaturated/α-hetero) is 1. The van der Waals surface area contributed by atoms with Gasteiger partial charge in [0.25, 0.3) is 5.78 Å². The quantitative estimate of drug-likeness (QED) is 0.347. The number of ether oxygens (including phenoxy) is 1. The summed E-state index contributed by atoms with van der Waals surface area (Å²) >= 11 is 3.39. The van der Waals surface area contributed by atoms with Crippen LogP contribution in [0.15, 0.2) is 69.2 Å². The summed E-state index contributed by atoms with van der Waals surface area (Å²) in [5.74, 6) is -0.672. The van der Waals surface area contributed by atoms with Gasteiger partial charge in [0, 0.05) is 16.1 Å². The van der Waals surface area contributed by atoms with Crippen LogP contribution in [0.3, 0.4) is 0 Å². The van der Waals surface area contributed by atoms with Crippen molar-refractivity contribution < 1.29 is 24.0 Å². The van der Waals surface area contributed by atoms with Crippen LogP contribution in [0.4, 0.5) is 5.82 Å². The third-order valence-electron chi connectivity index (χ3n) is 4.84. The molecule has 0 saturated carbocycles. The number of aromatic nitrogens is 1. The maximum Gasteiger partial charge on any atom is 0.301 e. The van der Waals surface area contributed by atoms with Gasteiger partial charge in [-0.25, -0.2) is 0 Å². The number of rotatable bonds is 4. The highest BCUT2D eigenvalue weighted by Gasteiger charge is 2.48. The Morgan fingerprint density at radius 1 is 1.17 bits per heavy atom. The molecule has 0 radical (unpaired) electrons. The Balaban J connectivity index is 1.94. The zero-order valence-corrected chi connectivity index (χ0v) is 17.7. The molecule has 0 bridgehead atoms. The third kappa shape index (κ3) is 3.39. The molecule has 152 valence electrons. The summed E-state index contributed by atoms with van der Waals surface area (Å²) in [6.07, 6.45) is 0. The molecule has 1 aliphatic heterocycles. The SMILES string of the molecule is COc1cccc(/C(O)=C2\C(=O)C(=O)N(c3cc(C)on3)C2c2ccc(Br)cc2)c1. The van der Waals surface area contributed by atoms with Crippen LogP contribution in [0, 0.1) is 6.92 Å². The van der Waals surface area contributed by atoms with Crippen molar-refractivity contribution in [1.82, 2.24) is 5.16 Å². The van der Waals surface area contributed by atoms with Gasteiger partial charge in [0.1, 0.15) is 17.3 Å². The normalized spacial score (nSPS) is 18.1. The standard InChI is InChI=1S/C22H17BrN2O5/c1-12-10-17(24-30-12)25-19(13-6-8-15(23)9-7-13)18(21(27)22(25)28)20(26)14-4-3-5-16(11-14)29-2/h3-11,19,26H,1-2H3/b20-18+. The van der Waals surface area contributed by atoms with E-state index >= 15 is 0 Å². The van der Waals surface area contributed by atoms with Crippen LogP contribution in [-0.4, -0.2) is 29.1 Å². The molecule has 7 nitrogen and oxygen atoms in total. The number of benzene rings is 2. The predicted octanol–water partition coefficient (Wildman–Crippen LogP) is 4.38. The average molecular weight is 469 g/mol. The van der Waals surface area contributed by atoms with E-state index in [4.69, 9.17) is 9.26 Å². The fourth-order valence-electron chi connectivity index (χ4n) is 3.42. The number of anilines is 1. The zero-order valence-electron chi connectivity index (χ0n) is 16.1. The van der Waals surface area contributed by atoms with Crippen molar-refractivity contribution in [3.8, 4) is 5.75 Å². The first-order chi connectivity index (χ1) is 14.4. The van der Waals surface area contributed by atoms with Crippen LogP contribution in [-0.2, 0) is 9.59 Å². The molecule has 0 spiro atoms. The van der Waals surface area contributed by atoms with Gasteiger partial charge in [0.15, 0.2) is 5.82 Å². The number of methoxy groups -OCH3 is 1. The summed E-state index contributed by atoms with van der Waals surface area (Å²) in [7, 11) is 1.51. The second-order valence-electron chi connectivity index (χ2n) is 6.75. The molecule has 1 amide bonds. The number of aliphatic hydroxyl groups is 1. The van der Waals surface area contributed by atoms with Crippen LogP contribution >= 0.6 is 15.9 Å². The zero-order chi connectivity index (χ0) is 21.4. The highest BCUT2D eigenvalue weighted by molar-refractivity contribution is 9.10. The van der Waals surface area contributed by atoms with Gasteiger partial charge in [-0.05, 0) is 36.8 Å². The van der Waals surface area contributed by atoms with E-state index in [1.807, 2.05) is 0 Å². The number of carbonyl (C=O) groups excluding carboxylic acids is 2. The number of hydrogen-bond acceptors (Lipinski definition) is 6. The number of hydrogen-bond donors (Lipinski definition) is 1. The lowest BCUT2D eigenvalue weighted by Crippen LogP contribution is -2.29. The van der Waals surface area contributed by atoms with E-state index in [-0.39, 0.29) is 17.2 Å². The number of aryl methyl sites for hydroxylation is 1. The van der Waals surface area contributed by atoms with E-state index < -0.39 is 17.7 Å². The van der Waals surface area contributed by atoms with Crippen LogP contribution in [0.5, 0.6) is 5.75 Å². The minimum Gasteiger partial charge on any atom is -0.507 e. The van der Waals surface area contributed by atoms with Crippen molar-refractivity contribution in [3.63, 3.8) is 0 Å². The molecule has 1 unspecified atom stereocenters. The Morgan fingerprint density at radius 3 is 2.53 bits per heavy atom. The van der Waals surface area contributed by atoms with Gasteiger partial charge in [-0.15, -0.1) is 0 Å². The molecule has 4 rings (SSSR count). The van der Waals surface area contributed by atoms with E-state index in [0.29, 0.717) is 22.6 Å². The Hall–Kier alpha value is -3.39. The van der Waals surface area contributed by atoms with Gasteiger partial charge in [-0.3, -0.25) is 14.5 Å². The minimum atomic E-state index is -0.867. The van der Waals surface area contributed by atoms with Gasteiger partial charge in [0.05, 0.1) is 18.7 Å². The summed E-state index contributed by atoms with van der Waals surface area (Å²) in [5.41, 5.74) is 0.976. The highest BCUT2D eigenvalue weighted by Crippen LogP contribution is 2.42. The summed E-state index contributed by atoms with van der Waals surface area (Å²) in [5, 5.41) is 15.0. The van der Waals surface area contributed by atoms with Gasteiger partial charge in [-0.2, -0.15) is 0 Å². The lowest BCUT2D eigenvalue weighted by atomic mass is 9.95. The molecule has 30 heavy (non-hydrogen) atoms. The number of ketones is 1. The van der Waals surface area contributed by atoms with Crippen LogP contribution in [0.25, 0.3) is 5.76 Å². The molecule has 1 aliphatic rings. The van der Waals surface area contributed by atoms with Crippen molar-refractivity contribution in [2.24, 2.45) is 0 Å². The van der Waals surface area contributed by atoms with E-state index in [1.165, 1.54) is 12.0 Å². The van der Waals surface area contributed by atoms with Crippen LogP contribution in [0.1, 0.15) is 22.9 Å². The number of nitrogens with zero attached hydrogens (tertiary/aromatic N) is 2. The second-order valence-corrected chi connectivity index (χ2v) is 7.66. The molecule has 1 saturated heterocycles. The molecule has 1 N–H and O–H groups in total. The largest absolute Gasteiger partial charge is 0.507 e. The Labute approximate surface area is 180 Å². The number of aliphatic hydroxyl groups excluding tert-OH is 1. The van der Waals surface area contributed by atoms with E-state index in [1.54, 1.807) is 61.5 Å². The van der Waals surface area contributed by atoms with Crippen LogP contribution in [0.2, 0.25) is 0 Å². The van der Waals surface area contributed by atoms with Crippen molar-refractivity contribution in [3.05, 3.63) is 81.5 Å². The van der Waals surface area contributed by atoms with Crippen molar-refractivity contribution in [2.45, 2.75) is 13.0 Å². The highest BCUT2D eigenvalue weighted by atomic mass is 79.9. The molecule has 1 fully saturated rings. The summed E-state index contributed by atoms with van der Waals surface area (Å²) in [4.78, 5) is 27.2. The van der Waals surface area contributed by atoms with Gasteiger partial charge in [0.2, 0.25) is 0 Å². The average Bonchev–Trinajstić information content (AvgIpc) is 3.29. The minimum absolute atomic E-state index is 0.0313. The van der Waals surface area contributed by atoms with Crippen molar-refractivity contribution in [1.29, 1.82) is 0 Å². The summed E-state index contributed by atoms with van der Waals surface area (Å²) < 4.78 is 11.2. The van der Waals surface area contributed by atoms with E-state index in [2.05, 4.69) is 21.1 Å².